The maximum atomic E-state index is 14.2. The minimum absolute atomic E-state index is 0.0780. The Morgan fingerprint density at radius 3 is 2.24 bits per heavy atom. The van der Waals surface area contributed by atoms with Gasteiger partial charge in [0.2, 0.25) is 21.8 Å². The van der Waals surface area contributed by atoms with E-state index >= 15 is 0 Å². The molecule has 0 heterocycles. The first-order chi connectivity index (χ1) is 19.8. The highest BCUT2D eigenvalue weighted by Crippen LogP contribution is 2.26. The quantitative estimate of drug-likeness (QED) is 0.250. The van der Waals surface area contributed by atoms with Crippen molar-refractivity contribution in [2.45, 2.75) is 52.2 Å². The van der Waals surface area contributed by atoms with E-state index in [2.05, 4.69) is 5.32 Å². The van der Waals surface area contributed by atoms with Crippen LogP contribution in [0.15, 0.2) is 72.8 Å². The molecule has 0 radical (unpaired) electrons. The fourth-order valence-corrected chi connectivity index (χ4v) is 5.63. The van der Waals surface area contributed by atoms with E-state index in [9.17, 15) is 22.8 Å². The van der Waals surface area contributed by atoms with Gasteiger partial charge >= 0.3 is 0 Å². The van der Waals surface area contributed by atoms with Crippen LogP contribution >= 0.6 is 23.2 Å². The number of benzene rings is 3. The van der Waals surface area contributed by atoms with Crippen LogP contribution in [-0.2, 0) is 32.6 Å². The first-order valence-electron chi connectivity index (χ1n) is 13.5. The standard InChI is InChI=1S/C31H35Cl2N3O5S/c1-5-21(2)34-31(39)29(16-23-10-7-6-8-11-23)35(19-25-14-15-26(32)18-28(25)33)30(38)20-36(42(4,40)41)27-13-9-12-24(17-27)22(3)37/h6-15,17-18,21,29H,5,16,19-20H2,1-4H3,(H,34,39)/t21-,29+/m0/s1. The van der Waals surface area contributed by atoms with E-state index in [-0.39, 0.29) is 36.4 Å². The van der Waals surface area contributed by atoms with E-state index in [0.29, 0.717) is 27.6 Å². The number of carbonyl (C=O) groups excluding carboxylic acids is 3. The second-order valence-electron chi connectivity index (χ2n) is 10.2. The summed E-state index contributed by atoms with van der Waals surface area (Å²) in [4.78, 5) is 41.3. The molecule has 11 heteroatoms. The molecule has 2 amide bonds. The Bertz CT molecular complexity index is 1530. The molecule has 0 saturated heterocycles. The maximum absolute atomic E-state index is 14.2. The lowest BCUT2D eigenvalue weighted by Gasteiger charge is -2.34. The molecule has 0 aliphatic heterocycles. The minimum atomic E-state index is -3.97. The van der Waals surface area contributed by atoms with Gasteiger partial charge in [0.15, 0.2) is 5.78 Å². The number of sulfonamides is 1. The Balaban J connectivity index is 2.11. The van der Waals surface area contributed by atoms with Crippen molar-refractivity contribution in [1.82, 2.24) is 10.2 Å². The number of ketones is 1. The molecule has 0 saturated carbocycles. The lowest BCUT2D eigenvalue weighted by atomic mass is 10.0. The topological polar surface area (TPSA) is 104 Å². The summed E-state index contributed by atoms with van der Waals surface area (Å²) in [5.74, 6) is -1.25. The van der Waals surface area contributed by atoms with Crippen molar-refractivity contribution >= 4 is 56.5 Å². The third-order valence-electron chi connectivity index (χ3n) is 6.85. The number of nitrogens with zero attached hydrogens (tertiary/aromatic N) is 2. The summed E-state index contributed by atoms with van der Waals surface area (Å²) in [6.07, 6.45) is 1.84. The predicted molar refractivity (Wildman–Crippen MR) is 167 cm³/mol. The molecule has 0 unspecified atom stereocenters. The monoisotopic (exact) mass is 631 g/mol. The Kier molecular flexibility index (Phi) is 11.6. The van der Waals surface area contributed by atoms with Gasteiger partial charge in [0.25, 0.3) is 0 Å². The summed E-state index contributed by atoms with van der Waals surface area (Å²) in [5, 5.41) is 3.68. The van der Waals surface area contributed by atoms with Crippen molar-refractivity contribution in [3.63, 3.8) is 0 Å². The highest BCUT2D eigenvalue weighted by atomic mass is 35.5. The normalized spacial score (nSPS) is 12.7. The second-order valence-corrected chi connectivity index (χ2v) is 12.9. The number of hydrogen-bond donors (Lipinski definition) is 1. The fraction of sp³-hybridized carbons (Fsp3) is 0.323. The molecule has 3 aromatic rings. The van der Waals surface area contributed by atoms with Crippen molar-refractivity contribution in [3.05, 3.63) is 99.5 Å². The molecule has 0 aliphatic carbocycles. The highest BCUT2D eigenvalue weighted by molar-refractivity contribution is 7.92. The van der Waals surface area contributed by atoms with Gasteiger partial charge in [0, 0.05) is 34.6 Å². The van der Waals surface area contributed by atoms with Crippen molar-refractivity contribution in [2.24, 2.45) is 0 Å². The van der Waals surface area contributed by atoms with Gasteiger partial charge in [-0.25, -0.2) is 8.42 Å². The average molecular weight is 633 g/mol. The van der Waals surface area contributed by atoms with Crippen molar-refractivity contribution in [3.8, 4) is 0 Å². The minimum Gasteiger partial charge on any atom is -0.352 e. The molecular weight excluding hydrogens is 597 g/mol. The first kappa shape index (κ1) is 33.1. The largest absolute Gasteiger partial charge is 0.352 e. The van der Waals surface area contributed by atoms with Crippen LogP contribution in [0.5, 0.6) is 0 Å². The summed E-state index contributed by atoms with van der Waals surface area (Å²) < 4.78 is 26.8. The summed E-state index contributed by atoms with van der Waals surface area (Å²) in [6, 6.07) is 19.0. The smallest absolute Gasteiger partial charge is 0.244 e. The van der Waals surface area contributed by atoms with E-state index in [1.165, 1.54) is 24.0 Å². The zero-order chi connectivity index (χ0) is 31.0. The van der Waals surface area contributed by atoms with Crippen molar-refractivity contribution in [2.75, 3.05) is 17.1 Å². The third kappa shape index (κ3) is 9.05. The molecule has 3 rings (SSSR count). The van der Waals surface area contributed by atoms with Crippen molar-refractivity contribution in [1.29, 1.82) is 0 Å². The Morgan fingerprint density at radius 1 is 0.952 bits per heavy atom. The van der Waals surface area contributed by atoms with Gasteiger partial charge < -0.3 is 10.2 Å². The van der Waals surface area contributed by atoms with Crippen LogP contribution in [0.4, 0.5) is 5.69 Å². The van der Waals surface area contributed by atoms with E-state index in [4.69, 9.17) is 23.2 Å². The fourth-order valence-electron chi connectivity index (χ4n) is 4.32. The number of halogens is 2. The molecule has 0 bridgehead atoms. The predicted octanol–water partition coefficient (Wildman–Crippen LogP) is 5.52. The molecule has 42 heavy (non-hydrogen) atoms. The molecule has 8 nitrogen and oxygen atoms in total. The van der Waals surface area contributed by atoms with Gasteiger partial charge in [0.1, 0.15) is 12.6 Å². The molecule has 0 aliphatic rings. The number of hydrogen-bond acceptors (Lipinski definition) is 5. The first-order valence-corrected chi connectivity index (χ1v) is 16.1. The molecule has 0 fully saturated rings. The Hall–Kier alpha value is -3.40. The van der Waals surface area contributed by atoms with Gasteiger partial charge in [-0.3, -0.25) is 18.7 Å². The Morgan fingerprint density at radius 2 is 1.64 bits per heavy atom. The zero-order valence-corrected chi connectivity index (χ0v) is 26.3. The van der Waals surface area contributed by atoms with Gasteiger partial charge in [-0.1, -0.05) is 78.7 Å². The lowest BCUT2D eigenvalue weighted by molar-refractivity contribution is -0.140. The Labute approximate surface area is 257 Å². The van der Waals surface area contributed by atoms with Gasteiger partial charge in [0.05, 0.1) is 11.9 Å². The SMILES string of the molecule is CC[C@H](C)NC(=O)[C@@H](Cc1ccccc1)N(Cc1ccc(Cl)cc1Cl)C(=O)CN(c1cccc(C(C)=O)c1)S(C)(=O)=O. The van der Waals surface area contributed by atoms with Crippen LogP contribution in [0.3, 0.4) is 0 Å². The molecule has 224 valence electrons. The second kappa shape index (κ2) is 14.7. The lowest BCUT2D eigenvalue weighted by Crippen LogP contribution is -2.54. The summed E-state index contributed by atoms with van der Waals surface area (Å²) in [5.41, 5.74) is 1.81. The molecule has 2 atom stereocenters. The van der Waals surface area contributed by atoms with Crippen LogP contribution in [0.1, 0.15) is 48.7 Å². The van der Waals surface area contributed by atoms with Crippen LogP contribution < -0.4 is 9.62 Å². The number of carbonyl (C=O) groups is 3. The van der Waals surface area contributed by atoms with Gasteiger partial charge in [-0.15, -0.1) is 0 Å². The molecule has 0 aromatic heterocycles. The molecular formula is C31H35Cl2N3O5S. The van der Waals surface area contributed by atoms with E-state index in [1.54, 1.807) is 30.3 Å². The number of nitrogens with one attached hydrogen (secondary N) is 1. The van der Waals surface area contributed by atoms with Crippen molar-refractivity contribution < 1.29 is 22.8 Å². The van der Waals surface area contributed by atoms with Gasteiger partial charge in [-0.2, -0.15) is 0 Å². The molecule has 3 aromatic carbocycles. The van der Waals surface area contributed by atoms with Gasteiger partial charge in [-0.05, 0) is 55.7 Å². The number of Topliss-reactive ketones (excluding diaryl/α,β-unsaturated/α-hetero) is 1. The number of amides is 2. The summed E-state index contributed by atoms with van der Waals surface area (Å²) in [6.45, 7) is 4.50. The highest BCUT2D eigenvalue weighted by Gasteiger charge is 2.34. The van der Waals surface area contributed by atoms with E-state index in [0.717, 1.165) is 16.1 Å². The van der Waals surface area contributed by atoms with Crippen LogP contribution in [0.25, 0.3) is 0 Å². The summed E-state index contributed by atoms with van der Waals surface area (Å²) >= 11 is 12.6. The maximum Gasteiger partial charge on any atom is 0.244 e. The van der Waals surface area contributed by atoms with Crippen LogP contribution in [0, 0.1) is 0 Å². The molecule has 1 N–H and O–H groups in total. The van der Waals surface area contributed by atoms with E-state index < -0.39 is 28.5 Å². The zero-order valence-electron chi connectivity index (χ0n) is 24.0. The summed E-state index contributed by atoms with van der Waals surface area (Å²) in [7, 11) is -3.97. The van der Waals surface area contributed by atoms with E-state index in [1.807, 2.05) is 44.2 Å². The molecule has 0 spiro atoms. The number of anilines is 1. The average Bonchev–Trinajstić information content (AvgIpc) is 2.94. The third-order valence-corrected chi connectivity index (χ3v) is 8.58. The number of rotatable bonds is 13. The van der Waals surface area contributed by atoms with Crippen LogP contribution in [0.2, 0.25) is 10.0 Å². The van der Waals surface area contributed by atoms with Crippen LogP contribution in [-0.4, -0.2) is 55.8 Å².